The quantitative estimate of drug-likeness (QED) is 0.547. The van der Waals surface area contributed by atoms with E-state index < -0.39 is 0 Å². The van der Waals surface area contributed by atoms with E-state index >= 15 is 0 Å². The van der Waals surface area contributed by atoms with E-state index in [0.29, 0.717) is 29.4 Å². The van der Waals surface area contributed by atoms with Gasteiger partial charge in [0.05, 0.1) is 32.0 Å². The highest BCUT2D eigenvalue weighted by Crippen LogP contribution is 2.27. The summed E-state index contributed by atoms with van der Waals surface area (Å²) in [6.45, 7) is 3.67. The molecule has 0 unspecified atom stereocenters. The molecule has 1 aliphatic rings. The number of aromatic nitrogens is 1. The number of rotatable bonds is 6. The molecule has 0 N–H and O–H groups in total. The highest BCUT2D eigenvalue weighted by molar-refractivity contribution is 7.09. The van der Waals surface area contributed by atoms with Crippen LogP contribution in [0.5, 0.6) is 11.5 Å². The van der Waals surface area contributed by atoms with Crippen molar-refractivity contribution in [1.29, 1.82) is 0 Å². The average Bonchev–Trinajstić information content (AvgIpc) is 3.27. The first kappa shape index (κ1) is 21.6. The smallest absolute Gasteiger partial charge is 0.257 e. The summed E-state index contributed by atoms with van der Waals surface area (Å²) in [7, 11) is 3.23. The van der Waals surface area contributed by atoms with Gasteiger partial charge in [0.2, 0.25) is 0 Å². The first-order valence-corrected chi connectivity index (χ1v) is 11.3. The number of piperazine rings is 1. The lowest BCUT2D eigenvalue weighted by Gasteiger charge is -2.34. The van der Waals surface area contributed by atoms with Crippen LogP contribution in [0.3, 0.4) is 0 Å². The van der Waals surface area contributed by atoms with Crippen LogP contribution in [-0.2, 0) is 6.54 Å². The molecule has 1 aliphatic heterocycles. The zero-order valence-electron chi connectivity index (χ0n) is 17.5. The lowest BCUT2D eigenvalue weighted by molar-refractivity contribution is 0.0625. The molecule has 2 heterocycles. The van der Waals surface area contributed by atoms with Gasteiger partial charge in [-0.3, -0.25) is 9.69 Å². The Balaban J connectivity index is 1.36. The summed E-state index contributed by atoms with van der Waals surface area (Å²) in [4.78, 5) is 21.9. The van der Waals surface area contributed by atoms with E-state index in [2.05, 4.69) is 10.3 Å². The van der Waals surface area contributed by atoms with Crippen molar-refractivity contribution in [2.24, 2.45) is 0 Å². The van der Waals surface area contributed by atoms with E-state index in [-0.39, 0.29) is 5.91 Å². The molecule has 1 amide bonds. The van der Waals surface area contributed by atoms with Gasteiger partial charge >= 0.3 is 0 Å². The van der Waals surface area contributed by atoms with Gasteiger partial charge in [0.15, 0.2) is 0 Å². The normalized spacial score (nSPS) is 14.5. The van der Waals surface area contributed by atoms with Crippen LogP contribution in [0, 0.1) is 0 Å². The third kappa shape index (κ3) is 5.01. The third-order valence-corrected chi connectivity index (χ3v) is 6.40. The molecule has 6 nitrogen and oxygen atoms in total. The van der Waals surface area contributed by atoms with Gasteiger partial charge in [0, 0.05) is 42.1 Å². The highest BCUT2D eigenvalue weighted by atomic mass is 35.5. The minimum absolute atomic E-state index is 0.0476. The minimum atomic E-state index is -0.0476. The number of carbonyl (C=O) groups is 1. The Bertz CT molecular complexity index is 1060. The Labute approximate surface area is 191 Å². The zero-order chi connectivity index (χ0) is 21.8. The van der Waals surface area contributed by atoms with Crippen molar-refractivity contribution in [2.75, 3.05) is 40.4 Å². The predicted octanol–water partition coefficient (Wildman–Crippen LogP) is 4.44. The number of nitrogens with zero attached hydrogens (tertiary/aromatic N) is 3. The van der Waals surface area contributed by atoms with Crippen molar-refractivity contribution in [2.45, 2.75) is 6.54 Å². The molecular weight excluding hydrogens is 434 g/mol. The van der Waals surface area contributed by atoms with Crippen LogP contribution in [-0.4, -0.2) is 61.1 Å². The van der Waals surface area contributed by atoms with Crippen molar-refractivity contribution < 1.29 is 14.3 Å². The van der Waals surface area contributed by atoms with Crippen LogP contribution < -0.4 is 9.47 Å². The first-order chi connectivity index (χ1) is 15.1. The summed E-state index contributed by atoms with van der Waals surface area (Å²) in [5, 5.41) is 3.67. The molecule has 162 valence electrons. The summed E-state index contributed by atoms with van der Waals surface area (Å²) in [6.07, 6.45) is 0. The number of carbonyl (C=O) groups excluding carboxylic acids is 1. The summed E-state index contributed by atoms with van der Waals surface area (Å²) < 4.78 is 10.6. The second-order valence-corrected chi connectivity index (χ2v) is 8.65. The Kier molecular flexibility index (Phi) is 6.75. The SMILES string of the molecule is COc1cccc(-c2csc(CN3CCN(C(=O)c4cc(Cl)ccc4OC)CC3)n2)c1. The topological polar surface area (TPSA) is 54.9 Å². The number of hydrogen-bond donors (Lipinski definition) is 0. The molecule has 3 aromatic rings. The largest absolute Gasteiger partial charge is 0.497 e. The predicted molar refractivity (Wildman–Crippen MR) is 123 cm³/mol. The molecule has 8 heteroatoms. The number of amides is 1. The maximum atomic E-state index is 13.0. The monoisotopic (exact) mass is 457 g/mol. The van der Waals surface area contributed by atoms with Crippen molar-refractivity contribution >= 4 is 28.8 Å². The molecule has 0 bridgehead atoms. The van der Waals surface area contributed by atoms with Crippen LogP contribution in [0.25, 0.3) is 11.3 Å². The Morgan fingerprint density at radius 2 is 1.90 bits per heavy atom. The van der Waals surface area contributed by atoms with Crippen molar-refractivity contribution in [1.82, 2.24) is 14.8 Å². The molecule has 1 fully saturated rings. The molecule has 1 aromatic heterocycles. The van der Waals surface area contributed by atoms with Crippen molar-refractivity contribution in [3.05, 3.63) is 63.4 Å². The lowest BCUT2D eigenvalue weighted by atomic mass is 10.1. The van der Waals surface area contributed by atoms with Crippen molar-refractivity contribution in [3.8, 4) is 22.8 Å². The number of methoxy groups -OCH3 is 2. The fraction of sp³-hybridized carbons (Fsp3) is 0.304. The average molecular weight is 458 g/mol. The minimum Gasteiger partial charge on any atom is -0.497 e. The van der Waals surface area contributed by atoms with Gasteiger partial charge in [0.25, 0.3) is 5.91 Å². The number of benzene rings is 2. The second kappa shape index (κ2) is 9.68. The second-order valence-electron chi connectivity index (χ2n) is 7.27. The Hall–Kier alpha value is -2.61. The van der Waals surface area contributed by atoms with Crippen LogP contribution in [0.1, 0.15) is 15.4 Å². The summed E-state index contributed by atoms with van der Waals surface area (Å²) in [5.41, 5.74) is 2.51. The van der Waals surface area contributed by atoms with Crippen LogP contribution >= 0.6 is 22.9 Å². The van der Waals surface area contributed by atoms with E-state index in [9.17, 15) is 4.79 Å². The molecule has 0 radical (unpaired) electrons. The highest BCUT2D eigenvalue weighted by Gasteiger charge is 2.25. The molecule has 31 heavy (non-hydrogen) atoms. The number of hydrogen-bond acceptors (Lipinski definition) is 6. The molecule has 0 spiro atoms. The summed E-state index contributed by atoms with van der Waals surface area (Å²) in [6, 6.07) is 13.1. The van der Waals surface area contributed by atoms with E-state index in [1.165, 1.54) is 0 Å². The fourth-order valence-corrected chi connectivity index (χ4v) is 4.63. The first-order valence-electron chi connectivity index (χ1n) is 10.0. The van der Waals surface area contributed by atoms with E-state index in [1.54, 1.807) is 43.8 Å². The standard InChI is InChI=1S/C23H24ClN3O3S/c1-29-18-5-3-4-16(12-18)20-15-31-22(25-20)14-26-8-10-27(11-9-26)23(28)19-13-17(24)6-7-21(19)30-2/h3-7,12-13,15H,8-11,14H2,1-2H3. The molecule has 1 saturated heterocycles. The van der Waals surface area contributed by atoms with E-state index in [0.717, 1.165) is 41.6 Å². The van der Waals surface area contributed by atoms with Gasteiger partial charge in [0.1, 0.15) is 16.5 Å². The Morgan fingerprint density at radius 3 is 2.65 bits per heavy atom. The van der Waals surface area contributed by atoms with Crippen LogP contribution in [0.4, 0.5) is 0 Å². The molecule has 0 aliphatic carbocycles. The van der Waals surface area contributed by atoms with E-state index in [4.69, 9.17) is 26.1 Å². The fourth-order valence-electron chi connectivity index (χ4n) is 3.62. The summed E-state index contributed by atoms with van der Waals surface area (Å²) in [5.74, 6) is 1.32. The lowest BCUT2D eigenvalue weighted by Crippen LogP contribution is -2.48. The third-order valence-electron chi connectivity index (χ3n) is 5.33. The van der Waals surface area contributed by atoms with Crippen LogP contribution in [0.2, 0.25) is 5.02 Å². The van der Waals surface area contributed by atoms with Crippen molar-refractivity contribution in [3.63, 3.8) is 0 Å². The number of thiazole rings is 1. The van der Waals surface area contributed by atoms with Gasteiger partial charge in [-0.15, -0.1) is 11.3 Å². The maximum absolute atomic E-state index is 13.0. The number of halogens is 1. The zero-order valence-corrected chi connectivity index (χ0v) is 19.1. The van der Waals surface area contributed by atoms with Gasteiger partial charge < -0.3 is 14.4 Å². The van der Waals surface area contributed by atoms with Gasteiger partial charge in [-0.1, -0.05) is 23.7 Å². The number of ether oxygens (including phenoxy) is 2. The molecular formula is C23H24ClN3O3S. The van der Waals surface area contributed by atoms with Gasteiger partial charge in [-0.25, -0.2) is 4.98 Å². The molecule has 0 atom stereocenters. The van der Waals surface area contributed by atoms with Gasteiger partial charge in [-0.05, 0) is 30.3 Å². The Morgan fingerprint density at radius 1 is 1.10 bits per heavy atom. The maximum Gasteiger partial charge on any atom is 0.257 e. The van der Waals surface area contributed by atoms with Crippen LogP contribution in [0.15, 0.2) is 47.8 Å². The molecule has 4 rings (SSSR count). The molecule has 2 aromatic carbocycles. The summed E-state index contributed by atoms with van der Waals surface area (Å²) >= 11 is 7.74. The molecule has 0 saturated carbocycles. The van der Waals surface area contributed by atoms with E-state index in [1.807, 2.05) is 29.2 Å². The van der Waals surface area contributed by atoms with Gasteiger partial charge in [-0.2, -0.15) is 0 Å².